The average molecular weight is 189 g/mol. The van der Waals surface area contributed by atoms with E-state index in [0.717, 1.165) is 13.0 Å². The normalized spacial score (nSPS) is 20.0. The van der Waals surface area contributed by atoms with Gasteiger partial charge in [-0.3, -0.25) is 4.72 Å². The molecule has 0 atom stereocenters. The molecular weight excluding hydrogens is 178 g/mol. The number of rotatable bonds is 0. The molecule has 0 saturated carbocycles. The van der Waals surface area contributed by atoms with Gasteiger partial charge in [0.1, 0.15) is 0 Å². The van der Waals surface area contributed by atoms with Crippen molar-refractivity contribution in [3.05, 3.63) is 40.3 Å². The molecule has 0 unspecified atom stereocenters. The van der Waals surface area contributed by atoms with Gasteiger partial charge in [0, 0.05) is 17.9 Å². The fourth-order valence-electron chi connectivity index (χ4n) is 2.08. The van der Waals surface area contributed by atoms with Crippen LogP contribution in [-0.4, -0.2) is 6.54 Å². The number of benzene rings is 1. The molecule has 3 rings (SSSR count). The highest BCUT2D eigenvalue weighted by Crippen LogP contribution is 2.41. The molecule has 1 aliphatic carbocycles. The molecule has 0 bridgehead atoms. The van der Waals surface area contributed by atoms with Gasteiger partial charge in [0.2, 0.25) is 0 Å². The summed E-state index contributed by atoms with van der Waals surface area (Å²) in [6.07, 6.45) is 2.34. The van der Waals surface area contributed by atoms with Crippen LogP contribution in [0.15, 0.2) is 29.2 Å². The summed E-state index contributed by atoms with van der Waals surface area (Å²) < 4.78 is 3.35. The Hall–Kier alpha value is -0.730. The van der Waals surface area contributed by atoms with E-state index in [1.54, 1.807) is 5.57 Å². The highest BCUT2D eigenvalue weighted by Gasteiger charge is 2.23. The molecule has 1 nitrogen and oxygen atoms in total. The molecule has 1 aromatic rings. The van der Waals surface area contributed by atoms with Crippen molar-refractivity contribution < 1.29 is 0 Å². The average Bonchev–Trinajstić information content (AvgIpc) is 2.56. The Bertz CT molecular complexity index is 381. The van der Waals surface area contributed by atoms with Crippen LogP contribution in [-0.2, 0) is 6.42 Å². The Balaban J connectivity index is 2.12. The number of nitrogens with one attached hydrogen (secondary N) is 1. The molecule has 0 saturated heterocycles. The molecular formula is C11H11NS. The lowest BCUT2D eigenvalue weighted by atomic mass is 10.0. The van der Waals surface area contributed by atoms with Crippen molar-refractivity contribution in [3.8, 4) is 0 Å². The monoisotopic (exact) mass is 189 g/mol. The smallest absolute Gasteiger partial charge is 0.0103 e. The summed E-state index contributed by atoms with van der Waals surface area (Å²) in [4.78, 5) is 1.53. The van der Waals surface area contributed by atoms with E-state index in [4.69, 9.17) is 0 Å². The van der Waals surface area contributed by atoms with Crippen molar-refractivity contribution in [2.75, 3.05) is 6.54 Å². The molecule has 0 fully saturated rings. The van der Waals surface area contributed by atoms with E-state index < -0.39 is 0 Å². The van der Waals surface area contributed by atoms with Crippen molar-refractivity contribution >= 4 is 17.5 Å². The Labute approximate surface area is 82.4 Å². The number of hydrogen-bond donors (Lipinski definition) is 1. The summed E-state index contributed by atoms with van der Waals surface area (Å²) in [5.74, 6) is 0. The Morgan fingerprint density at radius 3 is 3.15 bits per heavy atom. The second-order valence-corrected chi connectivity index (χ2v) is 4.47. The highest BCUT2D eigenvalue weighted by atomic mass is 32.2. The number of fused-ring (bicyclic) bond motifs is 2. The maximum Gasteiger partial charge on any atom is 0.0103 e. The van der Waals surface area contributed by atoms with E-state index in [2.05, 4.69) is 29.0 Å². The molecule has 1 aromatic carbocycles. The quantitative estimate of drug-likeness (QED) is 0.630. The zero-order valence-electron chi connectivity index (χ0n) is 7.34. The third-order valence-corrected chi connectivity index (χ3v) is 3.69. The number of allylic oxidation sites excluding steroid dienone is 1. The summed E-state index contributed by atoms with van der Waals surface area (Å²) in [6, 6.07) is 8.77. The second-order valence-electron chi connectivity index (χ2n) is 3.48. The fraction of sp³-hybridized carbons (Fsp3) is 0.273. The number of hydrogen-bond acceptors (Lipinski definition) is 2. The van der Waals surface area contributed by atoms with Gasteiger partial charge in [0.25, 0.3) is 0 Å². The molecule has 66 valence electrons. The first-order chi connectivity index (χ1) is 6.45. The topological polar surface area (TPSA) is 12.0 Å². The third-order valence-electron chi connectivity index (χ3n) is 2.70. The van der Waals surface area contributed by atoms with Gasteiger partial charge >= 0.3 is 0 Å². The molecule has 0 amide bonds. The molecule has 0 aromatic heterocycles. The summed E-state index contributed by atoms with van der Waals surface area (Å²) in [7, 11) is 0. The zero-order chi connectivity index (χ0) is 8.67. The first kappa shape index (κ1) is 7.65. The van der Waals surface area contributed by atoms with Crippen LogP contribution in [0.4, 0.5) is 0 Å². The van der Waals surface area contributed by atoms with Crippen LogP contribution in [0.3, 0.4) is 0 Å². The summed E-state index contributed by atoms with van der Waals surface area (Å²) in [6.45, 7) is 1.11. The lowest BCUT2D eigenvalue weighted by Gasteiger charge is -2.14. The van der Waals surface area contributed by atoms with Crippen LogP contribution in [0.1, 0.15) is 17.5 Å². The fourth-order valence-corrected chi connectivity index (χ4v) is 3.03. The molecule has 1 N–H and O–H groups in total. The van der Waals surface area contributed by atoms with Crippen LogP contribution in [0.5, 0.6) is 0 Å². The minimum Gasteiger partial charge on any atom is -0.260 e. The van der Waals surface area contributed by atoms with Crippen molar-refractivity contribution in [2.24, 2.45) is 0 Å². The lowest BCUT2D eigenvalue weighted by molar-refractivity contribution is 0.939. The third kappa shape index (κ3) is 1.13. The van der Waals surface area contributed by atoms with Gasteiger partial charge in [0.05, 0.1) is 0 Å². The first-order valence-corrected chi connectivity index (χ1v) is 5.47. The molecule has 1 aliphatic heterocycles. The van der Waals surface area contributed by atoms with Gasteiger partial charge in [-0.2, -0.15) is 0 Å². The van der Waals surface area contributed by atoms with Crippen LogP contribution < -0.4 is 4.72 Å². The predicted octanol–water partition coefficient (Wildman–Crippen LogP) is 2.60. The van der Waals surface area contributed by atoms with E-state index >= 15 is 0 Å². The van der Waals surface area contributed by atoms with Crippen LogP contribution >= 0.6 is 11.9 Å². The van der Waals surface area contributed by atoms with Gasteiger partial charge in [-0.05, 0) is 35.1 Å². The SMILES string of the molecule is c1ccc2c(c1)CC1=C2CCNS1. The minimum absolute atomic E-state index is 1.11. The van der Waals surface area contributed by atoms with E-state index in [9.17, 15) is 0 Å². The molecule has 0 spiro atoms. The zero-order valence-corrected chi connectivity index (χ0v) is 8.16. The van der Waals surface area contributed by atoms with Crippen molar-refractivity contribution in [1.29, 1.82) is 0 Å². The van der Waals surface area contributed by atoms with Gasteiger partial charge < -0.3 is 0 Å². The highest BCUT2D eigenvalue weighted by molar-refractivity contribution is 8.01. The molecule has 1 heterocycles. The molecule has 2 heteroatoms. The maximum atomic E-state index is 3.35. The van der Waals surface area contributed by atoms with E-state index in [1.165, 1.54) is 22.5 Å². The summed E-state index contributed by atoms with van der Waals surface area (Å²) in [5.41, 5.74) is 4.58. The van der Waals surface area contributed by atoms with Crippen molar-refractivity contribution in [3.63, 3.8) is 0 Å². The van der Waals surface area contributed by atoms with Crippen molar-refractivity contribution in [1.82, 2.24) is 4.72 Å². The van der Waals surface area contributed by atoms with Crippen molar-refractivity contribution in [2.45, 2.75) is 12.8 Å². The Morgan fingerprint density at radius 2 is 2.15 bits per heavy atom. The van der Waals surface area contributed by atoms with Gasteiger partial charge in [-0.1, -0.05) is 24.3 Å². The minimum atomic E-state index is 1.11. The van der Waals surface area contributed by atoms with Crippen LogP contribution in [0, 0.1) is 0 Å². The van der Waals surface area contributed by atoms with Crippen LogP contribution in [0.2, 0.25) is 0 Å². The van der Waals surface area contributed by atoms with Gasteiger partial charge in [-0.25, -0.2) is 0 Å². The molecule has 2 aliphatic rings. The van der Waals surface area contributed by atoms with Crippen LogP contribution in [0.25, 0.3) is 5.57 Å². The van der Waals surface area contributed by atoms with E-state index in [0.29, 0.717) is 0 Å². The summed E-state index contributed by atoms with van der Waals surface area (Å²) >= 11 is 1.82. The van der Waals surface area contributed by atoms with Gasteiger partial charge in [-0.15, -0.1) is 0 Å². The predicted molar refractivity (Wildman–Crippen MR) is 57.3 cm³/mol. The van der Waals surface area contributed by atoms with E-state index in [-0.39, 0.29) is 0 Å². The Morgan fingerprint density at radius 1 is 1.23 bits per heavy atom. The molecule has 0 radical (unpaired) electrons. The summed E-state index contributed by atoms with van der Waals surface area (Å²) in [5, 5.41) is 0. The lowest BCUT2D eigenvalue weighted by Crippen LogP contribution is -2.11. The van der Waals surface area contributed by atoms with E-state index in [1.807, 2.05) is 11.9 Å². The van der Waals surface area contributed by atoms with Gasteiger partial charge in [0.15, 0.2) is 0 Å². The first-order valence-electron chi connectivity index (χ1n) is 4.65. The standard InChI is InChI=1S/C11H11NS/c1-2-4-9-8(3-1)7-11-10(9)5-6-12-13-11/h1-4,12H,5-7H2. The Kier molecular flexibility index (Phi) is 1.70. The largest absolute Gasteiger partial charge is 0.260 e. The molecule has 13 heavy (non-hydrogen) atoms. The second kappa shape index (κ2) is 2.89. The maximum absolute atomic E-state index is 3.35.